The highest BCUT2D eigenvalue weighted by molar-refractivity contribution is 5.84. The Morgan fingerprint density at radius 1 is 1.15 bits per heavy atom. The zero-order chi connectivity index (χ0) is 18.8. The number of nitrogens with one attached hydrogen (secondary N) is 1. The maximum atomic E-state index is 12.2. The van der Waals surface area contributed by atoms with Crippen molar-refractivity contribution in [3.05, 3.63) is 38.5 Å². The van der Waals surface area contributed by atoms with Crippen molar-refractivity contribution in [2.75, 3.05) is 25.6 Å². The molecular weight excluding hydrogens is 334 g/mol. The quantitative estimate of drug-likeness (QED) is 0.506. The van der Waals surface area contributed by atoms with E-state index in [1.165, 1.54) is 0 Å². The molecule has 2 heterocycles. The van der Waals surface area contributed by atoms with Crippen LogP contribution >= 0.6 is 0 Å². The fourth-order valence-corrected chi connectivity index (χ4v) is 3.20. The average Bonchev–Trinajstić information content (AvgIpc) is 2.57. The molecule has 0 saturated heterocycles. The molecular formula is C18H23N5O3. The number of aromatic nitrogens is 4. The second kappa shape index (κ2) is 7.25. The van der Waals surface area contributed by atoms with Crippen molar-refractivity contribution in [3.8, 4) is 11.5 Å². The summed E-state index contributed by atoms with van der Waals surface area (Å²) in [5.41, 5.74) is 2.56. The monoisotopic (exact) mass is 357 g/mol. The first kappa shape index (κ1) is 18.1. The van der Waals surface area contributed by atoms with E-state index in [4.69, 9.17) is 5.11 Å². The first-order valence-electron chi connectivity index (χ1n) is 8.66. The van der Waals surface area contributed by atoms with Gasteiger partial charge in [0.2, 0.25) is 0 Å². The Hall–Kier alpha value is -2.74. The molecule has 1 aromatic carbocycles. The third-order valence-corrected chi connectivity index (χ3v) is 4.45. The van der Waals surface area contributed by atoms with E-state index in [9.17, 15) is 9.59 Å². The van der Waals surface area contributed by atoms with Gasteiger partial charge < -0.3 is 14.6 Å². The topological polar surface area (TPSA) is 104 Å². The molecule has 2 N–H and O–H groups in total. The van der Waals surface area contributed by atoms with Crippen molar-refractivity contribution in [1.82, 2.24) is 19.5 Å². The standard InChI is InChI=1S/C18H23N5O3/c1-11-9-12-14(10-13(11)22(2)3)23(7-5-4-6-8-24)16-15(19-12)17(25)21-18(26)20-16/h9-10,24H,4-8H2,1-3H3,(H,21,25,26). The molecule has 138 valence electrons. The molecule has 0 fully saturated rings. The fraction of sp³-hybridized carbons (Fsp3) is 0.444. The molecule has 0 unspecified atom stereocenters. The van der Waals surface area contributed by atoms with E-state index in [1.54, 1.807) is 0 Å². The average molecular weight is 357 g/mol. The summed E-state index contributed by atoms with van der Waals surface area (Å²) in [5, 5.41) is 8.99. The van der Waals surface area contributed by atoms with Crippen LogP contribution in [0.25, 0.3) is 22.6 Å². The van der Waals surface area contributed by atoms with Crippen molar-refractivity contribution in [3.63, 3.8) is 0 Å². The number of unbranched alkanes of at least 4 members (excludes halogenated alkanes) is 2. The lowest BCUT2D eigenvalue weighted by Gasteiger charge is -2.21. The van der Waals surface area contributed by atoms with Crippen LogP contribution in [0.15, 0.2) is 21.7 Å². The Morgan fingerprint density at radius 3 is 2.62 bits per heavy atom. The molecule has 0 saturated carbocycles. The van der Waals surface area contributed by atoms with E-state index in [1.807, 2.05) is 42.6 Å². The van der Waals surface area contributed by atoms with Gasteiger partial charge in [0.05, 0.1) is 11.0 Å². The lowest BCUT2D eigenvalue weighted by Crippen LogP contribution is -2.29. The first-order chi connectivity index (χ1) is 12.4. The highest BCUT2D eigenvalue weighted by atomic mass is 16.3. The van der Waals surface area contributed by atoms with Crippen molar-refractivity contribution in [1.29, 1.82) is 0 Å². The van der Waals surface area contributed by atoms with E-state index in [2.05, 4.69) is 15.0 Å². The smallest absolute Gasteiger partial charge is 0.349 e. The molecule has 3 rings (SSSR count). The van der Waals surface area contributed by atoms with Crippen LogP contribution < -0.4 is 16.1 Å². The summed E-state index contributed by atoms with van der Waals surface area (Å²) >= 11 is 0. The molecule has 0 amide bonds. The van der Waals surface area contributed by atoms with Crippen LogP contribution in [0.4, 0.5) is 5.69 Å². The first-order valence-corrected chi connectivity index (χ1v) is 8.66. The largest absolute Gasteiger partial charge is 0.396 e. The molecule has 0 spiro atoms. The van der Waals surface area contributed by atoms with Crippen molar-refractivity contribution < 1.29 is 5.11 Å². The zero-order valence-electron chi connectivity index (χ0n) is 15.2. The van der Waals surface area contributed by atoms with Crippen LogP contribution in [0, 0.1) is 6.92 Å². The predicted octanol–water partition coefficient (Wildman–Crippen LogP) is 1.12. The maximum Gasteiger partial charge on any atom is 0.349 e. The number of fused-ring (bicyclic) bond motifs is 2. The summed E-state index contributed by atoms with van der Waals surface area (Å²) in [6.45, 7) is 2.73. The zero-order valence-corrected chi connectivity index (χ0v) is 15.2. The maximum absolute atomic E-state index is 12.2. The highest BCUT2D eigenvalue weighted by Crippen LogP contribution is 2.28. The van der Waals surface area contributed by atoms with Crippen LogP contribution in [-0.4, -0.2) is 45.3 Å². The number of rotatable bonds is 6. The van der Waals surface area contributed by atoms with Gasteiger partial charge in [-0.25, -0.2) is 9.78 Å². The van der Waals surface area contributed by atoms with E-state index in [0.717, 1.165) is 29.6 Å². The third-order valence-electron chi connectivity index (χ3n) is 4.45. The lowest BCUT2D eigenvalue weighted by atomic mass is 10.1. The number of hydrogen-bond donors (Lipinski definition) is 2. The molecule has 1 aromatic rings. The molecule has 8 heteroatoms. The Labute approximate surface area is 150 Å². The molecule has 0 aliphatic carbocycles. The number of hydrogen-bond acceptors (Lipinski definition) is 6. The number of aryl methyl sites for hydroxylation is 2. The summed E-state index contributed by atoms with van der Waals surface area (Å²) in [6.07, 6.45) is 2.35. The Bertz CT molecular complexity index is 1020. The molecule has 8 nitrogen and oxygen atoms in total. The van der Waals surface area contributed by atoms with Crippen molar-refractivity contribution in [2.45, 2.75) is 32.7 Å². The van der Waals surface area contributed by atoms with Crippen LogP contribution in [0.5, 0.6) is 0 Å². The molecule has 0 radical (unpaired) electrons. The number of aromatic amines is 1. The second-order valence-corrected chi connectivity index (χ2v) is 6.61. The van der Waals surface area contributed by atoms with Gasteiger partial charge in [0.1, 0.15) is 0 Å². The fourth-order valence-electron chi connectivity index (χ4n) is 3.20. The number of aliphatic hydroxyl groups excluding tert-OH is 1. The minimum absolute atomic E-state index is 0.148. The van der Waals surface area contributed by atoms with Gasteiger partial charge in [-0.15, -0.1) is 0 Å². The minimum Gasteiger partial charge on any atom is -0.396 e. The normalized spacial score (nSPS) is 11.4. The number of aliphatic hydroxyl groups is 1. The number of H-pyrrole nitrogens is 1. The molecule has 26 heavy (non-hydrogen) atoms. The van der Waals surface area contributed by atoms with Crippen molar-refractivity contribution >= 4 is 16.7 Å². The van der Waals surface area contributed by atoms with E-state index in [0.29, 0.717) is 24.3 Å². The highest BCUT2D eigenvalue weighted by Gasteiger charge is 2.19. The van der Waals surface area contributed by atoms with Crippen LogP contribution in [-0.2, 0) is 6.54 Å². The minimum atomic E-state index is -0.673. The van der Waals surface area contributed by atoms with E-state index < -0.39 is 11.2 Å². The summed E-state index contributed by atoms with van der Waals surface area (Å²) in [4.78, 5) is 36.6. The van der Waals surface area contributed by atoms with E-state index >= 15 is 0 Å². The SMILES string of the molecule is Cc1cc2nc3c(=O)[nH]c(=O)nc-3n(CCCCCO)c2cc1N(C)C. The summed E-state index contributed by atoms with van der Waals surface area (Å²) in [5.74, 6) is 0.295. The Kier molecular flexibility index (Phi) is 5.03. The van der Waals surface area contributed by atoms with Gasteiger partial charge in [-0.05, 0) is 43.9 Å². The number of benzene rings is 1. The van der Waals surface area contributed by atoms with Crippen LogP contribution in [0.1, 0.15) is 24.8 Å². The van der Waals surface area contributed by atoms with Gasteiger partial charge in [0, 0.05) is 32.9 Å². The Balaban J connectivity index is 2.29. The number of nitrogens with zero attached hydrogens (tertiary/aromatic N) is 4. The van der Waals surface area contributed by atoms with Gasteiger partial charge in [-0.3, -0.25) is 9.78 Å². The molecule has 2 aliphatic heterocycles. The second-order valence-electron chi connectivity index (χ2n) is 6.61. The molecule has 0 aromatic heterocycles. The van der Waals surface area contributed by atoms with Gasteiger partial charge in [-0.2, -0.15) is 4.98 Å². The molecule has 0 atom stereocenters. The molecule has 2 aliphatic rings. The van der Waals surface area contributed by atoms with Gasteiger partial charge in [0.25, 0.3) is 5.56 Å². The van der Waals surface area contributed by atoms with Gasteiger partial charge >= 0.3 is 5.69 Å². The Morgan fingerprint density at radius 2 is 1.92 bits per heavy atom. The summed E-state index contributed by atoms with van der Waals surface area (Å²) in [7, 11) is 3.93. The summed E-state index contributed by atoms with van der Waals surface area (Å²) < 4.78 is 1.89. The number of anilines is 1. The molecule has 0 bridgehead atoms. The van der Waals surface area contributed by atoms with Crippen LogP contribution in [0.2, 0.25) is 0 Å². The van der Waals surface area contributed by atoms with Crippen LogP contribution in [0.3, 0.4) is 0 Å². The predicted molar refractivity (Wildman–Crippen MR) is 101 cm³/mol. The van der Waals surface area contributed by atoms with E-state index in [-0.39, 0.29) is 12.3 Å². The van der Waals surface area contributed by atoms with Gasteiger partial charge in [-0.1, -0.05) is 0 Å². The van der Waals surface area contributed by atoms with Crippen molar-refractivity contribution in [2.24, 2.45) is 0 Å². The summed E-state index contributed by atoms with van der Waals surface area (Å²) in [6, 6.07) is 3.95. The third kappa shape index (κ3) is 3.32. The lowest BCUT2D eigenvalue weighted by molar-refractivity contribution is 0.282. The van der Waals surface area contributed by atoms with Gasteiger partial charge in [0.15, 0.2) is 11.5 Å².